The summed E-state index contributed by atoms with van der Waals surface area (Å²) in [6.07, 6.45) is 3.36. The molecular formula is C15H14ClNO2S. The summed E-state index contributed by atoms with van der Waals surface area (Å²) in [6.45, 7) is 2.06. The first kappa shape index (κ1) is 13.5. The monoisotopic (exact) mass is 307 g/mol. The SMILES string of the molecule is CC(NC(c1ccco1)c1ccc(Cl)s1)c1ccco1. The fourth-order valence-electron chi connectivity index (χ4n) is 2.11. The molecule has 0 aliphatic rings. The molecule has 3 aromatic heterocycles. The van der Waals surface area contributed by atoms with Crippen molar-refractivity contribution in [3.05, 3.63) is 69.7 Å². The van der Waals surface area contributed by atoms with Crippen LogP contribution in [0.25, 0.3) is 0 Å². The normalized spacial score (nSPS) is 14.3. The summed E-state index contributed by atoms with van der Waals surface area (Å²) in [5.74, 6) is 1.76. The van der Waals surface area contributed by atoms with Crippen molar-refractivity contribution in [1.29, 1.82) is 0 Å². The van der Waals surface area contributed by atoms with E-state index in [1.54, 1.807) is 23.9 Å². The van der Waals surface area contributed by atoms with Crippen LogP contribution in [-0.2, 0) is 0 Å². The molecule has 3 nitrogen and oxygen atoms in total. The van der Waals surface area contributed by atoms with E-state index in [1.165, 1.54) is 0 Å². The molecule has 0 aliphatic heterocycles. The zero-order valence-corrected chi connectivity index (χ0v) is 12.4. The summed E-state index contributed by atoms with van der Waals surface area (Å²) in [5.41, 5.74) is 0. The topological polar surface area (TPSA) is 38.3 Å². The fraction of sp³-hybridized carbons (Fsp3) is 0.200. The Morgan fingerprint density at radius 2 is 1.75 bits per heavy atom. The van der Waals surface area contributed by atoms with Gasteiger partial charge in [0.05, 0.1) is 22.9 Å². The van der Waals surface area contributed by atoms with Crippen LogP contribution in [0.5, 0.6) is 0 Å². The van der Waals surface area contributed by atoms with Crippen molar-refractivity contribution in [1.82, 2.24) is 5.32 Å². The molecule has 0 bridgehead atoms. The van der Waals surface area contributed by atoms with Gasteiger partial charge in [0.15, 0.2) is 0 Å². The van der Waals surface area contributed by atoms with Crippen molar-refractivity contribution in [3.8, 4) is 0 Å². The predicted molar refractivity (Wildman–Crippen MR) is 80.1 cm³/mol. The molecule has 0 amide bonds. The van der Waals surface area contributed by atoms with Gasteiger partial charge in [-0.15, -0.1) is 11.3 Å². The van der Waals surface area contributed by atoms with E-state index in [4.69, 9.17) is 20.4 Å². The highest BCUT2D eigenvalue weighted by Crippen LogP contribution is 2.33. The third kappa shape index (κ3) is 2.82. The van der Waals surface area contributed by atoms with Crippen molar-refractivity contribution >= 4 is 22.9 Å². The average Bonchev–Trinajstić information content (AvgIpc) is 3.17. The third-order valence-electron chi connectivity index (χ3n) is 3.09. The zero-order valence-electron chi connectivity index (χ0n) is 10.9. The van der Waals surface area contributed by atoms with Crippen LogP contribution in [0.4, 0.5) is 0 Å². The number of hydrogen-bond donors (Lipinski definition) is 1. The van der Waals surface area contributed by atoms with Gasteiger partial charge in [-0.1, -0.05) is 11.6 Å². The molecule has 0 fully saturated rings. The van der Waals surface area contributed by atoms with E-state index >= 15 is 0 Å². The van der Waals surface area contributed by atoms with Gasteiger partial charge in [-0.05, 0) is 43.3 Å². The number of thiophene rings is 1. The molecule has 0 aromatic carbocycles. The fourth-order valence-corrected chi connectivity index (χ4v) is 3.24. The Morgan fingerprint density at radius 1 is 1.05 bits per heavy atom. The summed E-state index contributed by atoms with van der Waals surface area (Å²) in [5, 5.41) is 3.52. The number of nitrogens with one attached hydrogen (secondary N) is 1. The number of hydrogen-bond acceptors (Lipinski definition) is 4. The maximum atomic E-state index is 6.04. The van der Waals surface area contributed by atoms with E-state index in [1.807, 2.05) is 36.4 Å². The van der Waals surface area contributed by atoms with Gasteiger partial charge < -0.3 is 8.83 Å². The Kier molecular flexibility index (Phi) is 3.96. The smallest absolute Gasteiger partial charge is 0.126 e. The summed E-state index contributed by atoms with van der Waals surface area (Å²) in [7, 11) is 0. The molecule has 20 heavy (non-hydrogen) atoms. The summed E-state index contributed by atoms with van der Waals surface area (Å²) < 4.78 is 11.8. The number of furan rings is 2. The van der Waals surface area contributed by atoms with Gasteiger partial charge in [0.25, 0.3) is 0 Å². The van der Waals surface area contributed by atoms with Crippen molar-refractivity contribution in [2.75, 3.05) is 0 Å². The first-order valence-corrected chi connectivity index (χ1v) is 7.51. The second kappa shape index (κ2) is 5.87. The van der Waals surface area contributed by atoms with E-state index in [0.29, 0.717) is 0 Å². The Balaban J connectivity index is 1.87. The molecule has 3 heterocycles. The third-order valence-corrected chi connectivity index (χ3v) is 4.39. The molecule has 5 heteroatoms. The lowest BCUT2D eigenvalue weighted by Crippen LogP contribution is -2.24. The Hall–Kier alpha value is -1.49. The first-order valence-electron chi connectivity index (χ1n) is 6.32. The molecule has 3 rings (SSSR count). The van der Waals surface area contributed by atoms with Gasteiger partial charge in [-0.3, -0.25) is 5.32 Å². The minimum Gasteiger partial charge on any atom is -0.468 e. The molecule has 3 aromatic rings. The van der Waals surface area contributed by atoms with E-state index in [-0.39, 0.29) is 12.1 Å². The first-order chi connectivity index (χ1) is 9.74. The lowest BCUT2D eigenvalue weighted by Gasteiger charge is -2.19. The lowest BCUT2D eigenvalue weighted by molar-refractivity contribution is 0.380. The molecule has 0 saturated heterocycles. The highest BCUT2D eigenvalue weighted by atomic mass is 35.5. The predicted octanol–water partition coefficient (Wildman–Crippen LogP) is 5.03. The molecule has 1 N–H and O–H groups in total. The van der Waals surface area contributed by atoms with Crippen LogP contribution >= 0.6 is 22.9 Å². The van der Waals surface area contributed by atoms with Crippen LogP contribution in [-0.4, -0.2) is 0 Å². The van der Waals surface area contributed by atoms with Crippen LogP contribution in [0, 0.1) is 0 Å². The standard InChI is InChI=1S/C15H14ClNO2S/c1-10(11-4-2-8-18-11)17-15(12-5-3-9-19-12)13-6-7-14(16)20-13/h2-10,15,17H,1H3. The minimum absolute atomic E-state index is 0.0393. The van der Waals surface area contributed by atoms with Crippen LogP contribution in [0.3, 0.4) is 0 Å². The van der Waals surface area contributed by atoms with E-state index < -0.39 is 0 Å². The van der Waals surface area contributed by atoms with Crippen LogP contribution in [0.2, 0.25) is 4.34 Å². The lowest BCUT2D eigenvalue weighted by atomic mass is 10.1. The molecule has 104 valence electrons. The Labute approximate surface area is 126 Å². The number of rotatable bonds is 5. The minimum atomic E-state index is -0.0393. The van der Waals surface area contributed by atoms with Crippen LogP contribution < -0.4 is 5.32 Å². The van der Waals surface area contributed by atoms with Crippen LogP contribution in [0.15, 0.2) is 57.8 Å². The average molecular weight is 308 g/mol. The molecule has 0 saturated carbocycles. The Morgan fingerprint density at radius 3 is 2.30 bits per heavy atom. The van der Waals surface area contributed by atoms with Gasteiger partial charge in [-0.25, -0.2) is 0 Å². The largest absolute Gasteiger partial charge is 0.468 e. The molecule has 0 aliphatic carbocycles. The van der Waals surface area contributed by atoms with Crippen molar-refractivity contribution in [2.45, 2.75) is 19.0 Å². The second-order valence-electron chi connectivity index (χ2n) is 4.49. The molecule has 0 spiro atoms. The molecule has 2 unspecified atom stereocenters. The zero-order chi connectivity index (χ0) is 13.9. The van der Waals surface area contributed by atoms with Crippen molar-refractivity contribution in [2.24, 2.45) is 0 Å². The Bertz CT molecular complexity index is 645. The summed E-state index contributed by atoms with van der Waals surface area (Å²) in [6, 6.07) is 11.6. The van der Waals surface area contributed by atoms with Gasteiger partial charge in [0.1, 0.15) is 17.6 Å². The maximum absolute atomic E-state index is 6.04. The molecular weight excluding hydrogens is 294 g/mol. The van der Waals surface area contributed by atoms with Crippen LogP contribution in [0.1, 0.15) is 35.4 Å². The quantitative estimate of drug-likeness (QED) is 0.718. The van der Waals surface area contributed by atoms with Gasteiger partial charge in [0.2, 0.25) is 0 Å². The number of halogens is 1. The highest BCUT2D eigenvalue weighted by molar-refractivity contribution is 7.16. The van der Waals surface area contributed by atoms with E-state index in [2.05, 4.69) is 12.2 Å². The van der Waals surface area contributed by atoms with E-state index in [0.717, 1.165) is 20.7 Å². The second-order valence-corrected chi connectivity index (χ2v) is 6.24. The van der Waals surface area contributed by atoms with E-state index in [9.17, 15) is 0 Å². The highest BCUT2D eigenvalue weighted by Gasteiger charge is 2.22. The van der Waals surface area contributed by atoms with Crippen molar-refractivity contribution in [3.63, 3.8) is 0 Å². The van der Waals surface area contributed by atoms with Crippen molar-refractivity contribution < 1.29 is 8.83 Å². The molecule has 2 atom stereocenters. The summed E-state index contributed by atoms with van der Waals surface area (Å²) in [4.78, 5) is 1.11. The van der Waals surface area contributed by atoms with Gasteiger partial charge in [0, 0.05) is 4.88 Å². The summed E-state index contributed by atoms with van der Waals surface area (Å²) >= 11 is 7.59. The molecule has 0 radical (unpaired) electrons. The van der Waals surface area contributed by atoms with Gasteiger partial charge >= 0.3 is 0 Å². The maximum Gasteiger partial charge on any atom is 0.126 e. The van der Waals surface area contributed by atoms with Gasteiger partial charge in [-0.2, -0.15) is 0 Å².